The predicted octanol–water partition coefficient (Wildman–Crippen LogP) is 5.40. The lowest BCUT2D eigenvalue weighted by molar-refractivity contribution is 0.332. The molecule has 0 bridgehead atoms. The van der Waals surface area contributed by atoms with Gasteiger partial charge in [-0.3, -0.25) is 0 Å². The largest absolute Gasteiger partial charge is 0.478 e. The van der Waals surface area contributed by atoms with Gasteiger partial charge in [0.15, 0.2) is 0 Å². The molecule has 0 N–H and O–H groups in total. The second kappa shape index (κ2) is 6.04. The summed E-state index contributed by atoms with van der Waals surface area (Å²) < 4.78 is 5.73. The Hall–Kier alpha value is -2.35. The van der Waals surface area contributed by atoms with E-state index in [1.54, 1.807) is 0 Å². The molecule has 0 unspecified atom stereocenters. The highest BCUT2D eigenvalue weighted by molar-refractivity contribution is 5.89. The van der Waals surface area contributed by atoms with Gasteiger partial charge in [0.05, 0.1) is 12.3 Å². The number of ether oxygens (including phenoxy) is 1. The van der Waals surface area contributed by atoms with E-state index >= 15 is 0 Å². The van der Waals surface area contributed by atoms with Crippen LogP contribution in [0.2, 0.25) is 0 Å². The SMILES string of the molecule is CCOc1nc(-c2ccc(C(C)(C)C)cc2)cc2c[c]ccc12. The average Bonchev–Trinajstić information content (AvgIpc) is 2.54. The molecule has 1 heterocycles. The van der Waals surface area contributed by atoms with Gasteiger partial charge in [0.25, 0.3) is 0 Å². The van der Waals surface area contributed by atoms with E-state index in [1.165, 1.54) is 5.56 Å². The number of benzene rings is 2. The van der Waals surface area contributed by atoms with Crippen LogP contribution in [0.3, 0.4) is 0 Å². The molecule has 2 nitrogen and oxygen atoms in total. The molecule has 0 amide bonds. The van der Waals surface area contributed by atoms with E-state index in [2.05, 4.69) is 57.2 Å². The predicted molar refractivity (Wildman–Crippen MR) is 95.9 cm³/mol. The highest BCUT2D eigenvalue weighted by Crippen LogP contribution is 2.30. The maximum Gasteiger partial charge on any atom is 0.221 e. The number of nitrogens with zero attached hydrogens (tertiary/aromatic N) is 1. The first kappa shape index (κ1) is 15.5. The van der Waals surface area contributed by atoms with Gasteiger partial charge in [-0.05, 0) is 47.6 Å². The monoisotopic (exact) mass is 304 g/mol. The fourth-order valence-corrected chi connectivity index (χ4v) is 2.64. The third-order valence-electron chi connectivity index (χ3n) is 3.97. The molecule has 0 fully saturated rings. The lowest BCUT2D eigenvalue weighted by Crippen LogP contribution is -2.10. The molecule has 0 spiro atoms. The van der Waals surface area contributed by atoms with Crippen LogP contribution in [-0.2, 0) is 5.41 Å². The van der Waals surface area contributed by atoms with Crippen LogP contribution in [0.25, 0.3) is 22.0 Å². The van der Waals surface area contributed by atoms with Crippen molar-refractivity contribution in [1.82, 2.24) is 4.98 Å². The summed E-state index contributed by atoms with van der Waals surface area (Å²) in [5.74, 6) is 0.689. The molecule has 23 heavy (non-hydrogen) atoms. The summed E-state index contributed by atoms with van der Waals surface area (Å²) >= 11 is 0. The summed E-state index contributed by atoms with van der Waals surface area (Å²) in [6.07, 6.45) is 0. The zero-order chi connectivity index (χ0) is 16.4. The third-order valence-corrected chi connectivity index (χ3v) is 3.97. The van der Waals surface area contributed by atoms with Crippen LogP contribution < -0.4 is 4.74 Å². The van der Waals surface area contributed by atoms with Gasteiger partial charge in [0, 0.05) is 10.9 Å². The van der Waals surface area contributed by atoms with Crippen molar-refractivity contribution < 1.29 is 4.74 Å². The van der Waals surface area contributed by atoms with Crippen molar-refractivity contribution in [3.05, 3.63) is 60.2 Å². The Morgan fingerprint density at radius 2 is 1.83 bits per heavy atom. The molecular formula is C21H22NO. The van der Waals surface area contributed by atoms with Crippen LogP contribution in [0, 0.1) is 6.07 Å². The summed E-state index contributed by atoms with van der Waals surface area (Å²) in [5, 5.41) is 2.13. The molecule has 0 saturated heterocycles. The summed E-state index contributed by atoms with van der Waals surface area (Å²) in [4.78, 5) is 4.72. The first-order chi connectivity index (χ1) is 11.0. The maximum absolute atomic E-state index is 5.73. The lowest BCUT2D eigenvalue weighted by Gasteiger charge is -2.19. The molecule has 0 aliphatic carbocycles. The van der Waals surface area contributed by atoms with Crippen molar-refractivity contribution in [2.24, 2.45) is 0 Å². The molecule has 0 aliphatic rings. The van der Waals surface area contributed by atoms with E-state index in [1.807, 2.05) is 25.1 Å². The van der Waals surface area contributed by atoms with E-state index in [-0.39, 0.29) is 5.41 Å². The molecule has 3 aromatic rings. The minimum absolute atomic E-state index is 0.154. The molecule has 1 radical (unpaired) electrons. The lowest BCUT2D eigenvalue weighted by atomic mass is 9.86. The van der Waals surface area contributed by atoms with Crippen molar-refractivity contribution in [2.75, 3.05) is 6.61 Å². The van der Waals surface area contributed by atoms with E-state index < -0.39 is 0 Å². The molecule has 2 heteroatoms. The zero-order valence-electron chi connectivity index (χ0n) is 14.2. The Bertz CT molecular complexity index is 813. The molecule has 2 aromatic carbocycles. The summed E-state index contributed by atoms with van der Waals surface area (Å²) in [6.45, 7) is 9.25. The van der Waals surface area contributed by atoms with E-state index in [9.17, 15) is 0 Å². The van der Waals surface area contributed by atoms with Crippen LogP contribution in [-0.4, -0.2) is 11.6 Å². The van der Waals surface area contributed by atoms with Gasteiger partial charge in [-0.1, -0.05) is 51.1 Å². The van der Waals surface area contributed by atoms with Crippen molar-refractivity contribution in [1.29, 1.82) is 0 Å². The van der Waals surface area contributed by atoms with Gasteiger partial charge in [-0.15, -0.1) is 0 Å². The number of hydrogen-bond acceptors (Lipinski definition) is 2. The first-order valence-corrected chi connectivity index (χ1v) is 8.03. The Labute approximate surface area is 138 Å². The van der Waals surface area contributed by atoms with Crippen molar-refractivity contribution in [2.45, 2.75) is 33.1 Å². The Morgan fingerprint density at radius 3 is 2.48 bits per heavy atom. The highest BCUT2D eigenvalue weighted by Gasteiger charge is 2.14. The van der Waals surface area contributed by atoms with Crippen LogP contribution in [0.1, 0.15) is 33.3 Å². The second-order valence-corrected chi connectivity index (χ2v) is 6.72. The second-order valence-electron chi connectivity index (χ2n) is 6.72. The fourth-order valence-electron chi connectivity index (χ4n) is 2.64. The molecule has 3 rings (SSSR count). The number of rotatable bonds is 3. The number of pyridine rings is 1. The minimum atomic E-state index is 0.154. The quantitative estimate of drug-likeness (QED) is 0.646. The van der Waals surface area contributed by atoms with Crippen LogP contribution in [0.4, 0.5) is 0 Å². The molecule has 117 valence electrons. The van der Waals surface area contributed by atoms with E-state index in [0.717, 1.165) is 22.0 Å². The minimum Gasteiger partial charge on any atom is -0.478 e. The normalized spacial score (nSPS) is 11.7. The van der Waals surface area contributed by atoms with E-state index in [0.29, 0.717) is 12.5 Å². The van der Waals surface area contributed by atoms with Crippen LogP contribution >= 0.6 is 0 Å². The third kappa shape index (κ3) is 3.21. The first-order valence-electron chi connectivity index (χ1n) is 8.03. The molecular weight excluding hydrogens is 282 g/mol. The van der Waals surface area contributed by atoms with E-state index in [4.69, 9.17) is 9.72 Å². The topological polar surface area (TPSA) is 22.1 Å². The van der Waals surface area contributed by atoms with Gasteiger partial charge in [0.2, 0.25) is 5.88 Å². The molecule has 1 aromatic heterocycles. The Balaban J connectivity index is 2.09. The van der Waals surface area contributed by atoms with Crippen LogP contribution in [0.15, 0.2) is 48.5 Å². The molecule has 0 aliphatic heterocycles. The Morgan fingerprint density at radius 1 is 1.09 bits per heavy atom. The van der Waals surface area contributed by atoms with Gasteiger partial charge in [-0.25, -0.2) is 4.98 Å². The molecule has 0 saturated carbocycles. The van der Waals surface area contributed by atoms with Gasteiger partial charge in [0.1, 0.15) is 0 Å². The van der Waals surface area contributed by atoms with Gasteiger partial charge < -0.3 is 4.74 Å². The maximum atomic E-state index is 5.73. The highest BCUT2D eigenvalue weighted by atomic mass is 16.5. The van der Waals surface area contributed by atoms with Crippen molar-refractivity contribution in [3.8, 4) is 17.1 Å². The zero-order valence-corrected chi connectivity index (χ0v) is 14.2. The number of aromatic nitrogens is 1. The molecule has 0 atom stereocenters. The number of hydrogen-bond donors (Lipinski definition) is 0. The van der Waals surface area contributed by atoms with Crippen molar-refractivity contribution in [3.63, 3.8) is 0 Å². The average molecular weight is 304 g/mol. The van der Waals surface area contributed by atoms with Crippen LogP contribution in [0.5, 0.6) is 5.88 Å². The number of fused-ring (bicyclic) bond motifs is 1. The van der Waals surface area contributed by atoms with Crippen molar-refractivity contribution >= 4 is 10.8 Å². The summed E-state index contributed by atoms with van der Waals surface area (Å²) in [7, 11) is 0. The fraction of sp³-hybridized carbons (Fsp3) is 0.286. The van der Waals surface area contributed by atoms with Gasteiger partial charge in [-0.2, -0.15) is 0 Å². The summed E-state index contributed by atoms with van der Waals surface area (Å²) in [5.41, 5.74) is 3.51. The Kier molecular flexibility index (Phi) is 4.08. The van der Waals surface area contributed by atoms with Gasteiger partial charge >= 0.3 is 0 Å². The summed E-state index contributed by atoms with van der Waals surface area (Å²) in [6, 6.07) is 19.7. The smallest absolute Gasteiger partial charge is 0.221 e. The standard InChI is InChI=1S/C21H22NO/c1-5-23-20-18-9-7-6-8-16(18)14-19(22-20)15-10-12-17(13-11-15)21(2,3)4/h7-14H,5H2,1-4H3.